The Morgan fingerprint density at radius 2 is 2.05 bits per heavy atom. The first-order valence-corrected chi connectivity index (χ1v) is 8.92. The van der Waals surface area contributed by atoms with Crippen LogP contribution in [0.15, 0.2) is 23.1 Å². The molecule has 0 aliphatic heterocycles. The van der Waals surface area contributed by atoms with Gasteiger partial charge in [0.25, 0.3) is 0 Å². The second-order valence-corrected chi connectivity index (χ2v) is 7.28. The van der Waals surface area contributed by atoms with Crippen LogP contribution in [0.1, 0.15) is 37.7 Å². The fourth-order valence-corrected chi connectivity index (χ4v) is 3.96. The summed E-state index contributed by atoms with van der Waals surface area (Å²) in [6.07, 6.45) is 5.91. The Hall–Kier alpha value is -1.11. The van der Waals surface area contributed by atoms with E-state index in [1.54, 1.807) is 25.3 Å². The van der Waals surface area contributed by atoms with E-state index in [9.17, 15) is 8.42 Å². The molecule has 1 aliphatic rings. The standard InChI is InChI=1S/C15H24N2O3S/c1-20-15-7-6-14(10-13(15)11-16)21(18,19)17-9-8-12-4-2-3-5-12/h6-7,10,12,17H,2-5,8-9,11,16H2,1H3. The van der Waals surface area contributed by atoms with Crippen molar-refractivity contribution in [1.82, 2.24) is 4.72 Å². The van der Waals surface area contributed by atoms with Crippen molar-refractivity contribution in [2.75, 3.05) is 13.7 Å². The van der Waals surface area contributed by atoms with E-state index < -0.39 is 10.0 Å². The zero-order valence-electron chi connectivity index (χ0n) is 12.5. The number of hydrogen-bond acceptors (Lipinski definition) is 4. The molecule has 1 aliphatic carbocycles. The fraction of sp³-hybridized carbons (Fsp3) is 0.600. The number of benzene rings is 1. The van der Waals surface area contributed by atoms with Crippen LogP contribution in [0.5, 0.6) is 5.75 Å². The average molecular weight is 312 g/mol. The Balaban J connectivity index is 2.01. The van der Waals surface area contributed by atoms with E-state index in [0.29, 0.717) is 23.8 Å². The smallest absolute Gasteiger partial charge is 0.240 e. The minimum atomic E-state index is -3.47. The second kappa shape index (κ2) is 7.24. The van der Waals surface area contributed by atoms with E-state index in [2.05, 4.69) is 4.72 Å². The first-order chi connectivity index (χ1) is 10.1. The quantitative estimate of drug-likeness (QED) is 0.807. The van der Waals surface area contributed by atoms with Crippen LogP contribution in [0, 0.1) is 5.92 Å². The van der Waals surface area contributed by atoms with Gasteiger partial charge < -0.3 is 10.5 Å². The Morgan fingerprint density at radius 3 is 2.67 bits per heavy atom. The third-order valence-corrected chi connectivity index (χ3v) is 5.56. The minimum Gasteiger partial charge on any atom is -0.496 e. The van der Waals surface area contributed by atoms with E-state index in [-0.39, 0.29) is 11.4 Å². The largest absolute Gasteiger partial charge is 0.496 e. The van der Waals surface area contributed by atoms with E-state index in [4.69, 9.17) is 10.5 Å². The summed E-state index contributed by atoms with van der Waals surface area (Å²) in [6, 6.07) is 4.78. The van der Waals surface area contributed by atoms with Crippen LogP contribution < -0.4 is 15.2 Å². The fourth-order valence-electron chi connectivity index (χ4n) is 2.86. The molecule has 2 rings (SSSR count). The lowest BCUT2D eigenvalue weighted by molar-refractivity contribution is 0.409. The number of nitrogens with one attached hydrogen (secondary N) is 1. The van der Waals surface area contributed by atoms with Gasteiger partial charge in [-0.15, -0.1) is 0 Å². The molecule has 3 N–H and O–H groups in total. The molecule has 0 aromatic heterocycles. The zero-order chi connectivity index (χ0) is 15.3. The molecule has 5 nitrogen and oxygen atoms in total. The summed E-state index contributed by atoms with van der Waals surface area (Å²) in [5, 5.41) is 0. The summed E-state index contributed by atoms with van der Waals surface area (Å²) in [4.78, 5) is 0.246. The lowest BCUT2D eigenvalue weighted by atomic mass is 10.1. The Labute approximate surface area is 126 Å². The number of rotatable bonds is 7. The summed E-state index contributed by atoms with van der Waals surface area (Å²) in [5.41, 5.74) is 6.32. The van der Waals surface area contributed by atoms with Crippen LogP contribution in [0.2, 0.25) is 0 Å². The first-order valence-electron chi connectivity index (χ1n) is 7.43. The average Bonchev–Trinajstić information content (AvgIpc) is 2.99. The highest BCUT2D eigenvalue weighted by Crippen LogP contribution is 2.27. The van der Waals surface area contributed by atoms with E-state index in [0.717, 1.165) is 6.42 Å². The van der Waals surface area contributed by atoms with Crippen molar-refractivity contribution in [3.63, 3.8) is 0 Å². The summed E-state index contributed by atoms with van der Waals surface area (Å²) < 4.78 is 32.4. The van der Waals surface area contributed by atoms with Gasteiger partial charge >= 0.3 is 0 Å². The lowest BCUT2D eigenvalue weighted by Crippen LogP contribution is -2.26. The number of methoxy groups -OCH3 is 1. The van der Waals surface area contributed by atoms with Gasteiger partial charge in [0.15, 0.2) is 0 Å². The molecule has 1 aromatic rings. The summed E-state index contributed by atoms with van der Waals surface area (Å²) in [7, 11) is -1.93. The molecule has 0 saturated heterocycles. The SMILES string of the molecule is COc1ccc(S(=O)(=O)NCCC2CCCC2)cc1CN. The number of sulfonamides is 1. The van der Waals surface area contributed by atoms with Gasteiger partial charge in [0.05, 0.1) is 12.0 Å². The van der Waals surface area contributed by atoms with Crippen LogP contribution in [0.3, 0.4) is 0 Å². The molecular weight excluding hydrogens is 288 g/mol. The van der Waals surface area contributed by atoms with Gasteiger partial charge in [0, 0.05) is 18.7 Å². The van der Waals surface area contributed by atoms with Crippen molar-refractivity contribution in [3.05, 3.63) is 23.8 Å². The Morgan fingerprint density at radius 1 is 1.33 bits per heavy atom. The van der Waals surface area contributed by atoms with E-state index >= 15 is 0 Å². The molecule has 118 valence electrons. The Kier molecular flexibility index (Phi) is 5.61. The molecule has 0 bridgehead atoms. The van der Waals surface area contributed by atoms with Gasteiger partial charge in [-0.25, -0.2) is 13.1 Å². The van der Waals surface area contributed by atoms with Gasteiger partial charge in [0.2, 0.25) is 10.0 Å². The predicted octanol–water partition coefficient (Wildman–Crippen LogP) is 2.01. The molecule has 1 aromatic carbocycles. The van der Waals surface area contributed by atoms with Gasteiger partial charge in [-0.2, -0.15) is 0 Å². The third kappa shape index (κ3) is 4.18. The Bertz CT molecular complexity index is 566. The van der Waals surface area contributed by atoms with Gasteiger partial charge in [0.1, 0.15) is 5.75 Å². The molecule has 1 saturated carbocycles. The zero-order valence-corrected chi connectivity index (χ0v) is 13.3. The molecular formula is C15H24N2O3S. The summed E-state index contributed by atoms with van der Waals surface area (Å²) in [6.45, 7) is 0.742. The number of hydrogen-bond donors (Lipinski definition) is 2. The van der Waals surface area contributed by atoms with Crippen molar-refractivity contribution < 1.29 is 13.2 Å². The highest BCUT2D eigenvalue weighted by atomic mass is 32.2. The molecule has 0 heterocycles. The number of ether oxygens (including phenoxy) is 1. The van der Waals surface area contributed by atoms with Crippen LogP contribution >= 0.6 is 0 Å². The second-order valence-electron chi connectivity index (χ2n) is 5.51. The van der Waals surface area contributed by atoms with Gasteiger partial charge in [-0.3, -0.25) is 0 Å². The third-order valence-electron chi connectivity index (χ3n) is 4.10. The van der Waals surface area contributed by atoms with Crippen molar-refractivity contribution in [2.45, 2.75) is 43.5 Å². The van der Waals surface area contributed by atoms with Crippen LogP contribution in [-0.2, 0) is 16.6 Å². The van der Waals surface area contributed by atoms with Crippen molar-refractivity contribution in [2.24, 2.45) is 11.7 Å². The molecule has 6 heteroatoms. The molecule has 0 amide bonds. The molecule has 0 spiro atoms. The maximum absolute atomic E-state index is 12.3. The number of nitrogens with two attached hydrogens (primary N) is 1. The lowest BCUT2D eigenvalue weighted by Gasteiger charge is -2.12. The predicted molar refractivity (Wildman–Crippen MR) is 82.6 cm³/mol. The highest BCUT2D eigenvalue weighted by molar-refractivity contribution is 7.89. The monoisotopic (exact) mass is 312 g/mol. The normalized spacial score (nSPS) is 16.3. The molecule has 0 radical (unpaired) electrons. The van der Waals surface area contributed by atoms with Crippen LogP contribution in [0.25, 0.3) is 0 Å². The van der Waals surface area contributed by atoms with Crippen molar-refractivity contribution >= 4 is 10.0 Å². The maximum Gasteiger partial charge on any atom is 0.240 e. The topological polar surface area (TPSA) is 81.4 Å². The molecule has 0 unspecified atom stereocenters. The van der Waals surface area contributed by atoms with Crippen LogP contribution in [0.4, 0.5) is 0 Å². The highest BCUT2D eigenvalue weighted by Gasteiger charge is 2.18. The van der Waals surface area contributed by atoms with Crippen molar-refractivity contribution in [1.29, 1.82) is 0 Å². The van der Waals surface area contributed by atoms with Crippen LogP contribution in [-0.4, -0.2) is 22.1 Å². The summed E-state index contributed by atoms with van der Waals surface area (Å²) >= 11 is 0. The molecule has 21 heavy (non-hydrogen) atoms. The van der Waals surface area contributed by atoms with Crippen molar-refractivity contribution in [3.8, 4) is 5.75 Å². The first kappa shape index (κ1) is 16.3. The van der Waals surface area contributed by atoms with E-state index in [1.807, 2.05) is 0 Å². The van der Waals surface area contributed by atoms with Gasteiger partial charge in [-0.1, -0.05) is 25.7 Å². The minimum absolute atomic E-state index is 0.245. The molecule has 0 atom stereocenters. The van der Waals surface area contributed by atoms with Gasteiger partial charge in [-0.05, 0) is 30.5 Å². The summed E-state index contributed by atoms with van der Waals surface area (Å²) in [5.74, 6) is 1.28. The van der Waals surface area contributed by atoms with E-state index in [1.165, 1.54) is 25.7 Å². The molecule has 1 fully saturated rings. The maximum atomic E-state index is 12.3.